The Bertz CT molecular complexity index is 2820. The van der Waals surface area contributed by atoms with Gasteiger partial charge in [0.15, 0.2) is 0 Å². The zero-order chi connectivity index (χ0) is 40.1. The largest absolute Gasteiger partial charge is 0.489 e. The fraction of sp³-hybridized carbons (Fsp3) is 0. The Morgan fingerprint density at radius 3 is 1.56 bits per heavy atom. The summed E-state index contributed by atoms with van der Waals surface area (Å²) in [5, 5.41) is 18.1. The Labute approximate surface area is 238 Å². The van der Waals surface area contributed by atoms with E-state index >= 15 is 0 Å². The van der Waals surface area contributed by atoms with E-state index in [0.29, 0.717) is 0 Å². The van der Waals surface area contributed by atoms with E-state index in [0.717, 1.165) is 9.13 Å². The van der Waals surface area contributed by atoms with Gasteiger partial charge in [0.1, 0.15) is 0 Å². The van der Waals surface area contributed by atoms with Gasteiger partial charge in [-0.05, 0) is 53.8 Å². The third kappa shape index (κ3) is 3.06. The summed E-state index contributed by atoms with van der Waals surface area (Å²) in [6.45, 7) is 0. The molecule has 4 nitrogen and oxygen atoms in total. The van der Waals surface area contributed by atoms with Crippen molar-refractivity contribution in [2.75, 3.05) is 0 Å². The molecule has 6 heteroatoms. The van der Waals surface area contributed by atoms with E-state index in [1.165, 1.54) is 0 Å². The molecule has 7 aromatic rings. The number of para-hydroxylation sites is 3. The molecule has 0 aliphatic carbocycles. The number of rotatable bonds is 3. The minimum absolute atomic E-state index is 0.383. The Morgan fingerprint density at radius 1 is 0.556 bits per heavy atom. The second kappa shape index (κ2) is 8.03. The number of thiol groups is 1. The predicted octanol–water partition coefficient (Wildman–Crippen LogP) is 5.85. The van der Waals surface area contributed by atoms with Crippen LogP contribution in [0.25, 0.3) is 55.0 Å². The lowest BCUT2D eigenvalue weighted by molar-refractivity contribution is 0.425. The van der Waals surface area contributed by atoms with Crippen LogP contribution in [-0.4, -0.2) is 26.3 Å². The normalized spacial score (nSPS) is 18.8. The molecule has 7 rings (SSSR count). The predicted molar refractivity (Wildman–Crippen MR) is 152 cm³/mol. The van der Waals surface area contributed by atoms with Crippen LogP contribution in [0.3, 0.4) is 0 Å². The third-order valence-corrected chi connectivity index (χ3v) is 6.04. The number of nitrogens with zero attached hydrogens (tertiary/aromatic N) is 2. The van der Waals surface area contributed by atoms with E-state index in [1.54, 1.807) is 0 Å². The van der Waals surface area contributed by atoms with Crippen molar-refractivity contribution in [3.05, 3.63) is 109 Å². The summed E-state index contributed by atoms with van der Waals surface area (Å²) < 4.78 is 159. The molecule has 0 unspecified atom stereocenters. The summed E-state index contributed by atoms with van der Waals surface area (Å²) in [4.78, 5) is -0.509. The summed E-state index contributed by atoms with van der Waals surface area (Å²) in [6.07, 6.45) is 0. The maximum atomic E-state index is 9.91. The number of fused-ring (bicyclic) bond motifs is 6. The molecule has 0 fully saturated rings. The first kappa shape index (κ1) is 9.83. The van der Waals surface area contributed by atoms with Crippen LogP contribution in [0.1, 0.15) is 24.7 Å². The average molecular weight is 502 g/mol. The average Bonchev–Trinajstić information content (AvgIpc) is 3.66. The molecular weight excluding hydrogens is 463 g/mol. The van der Waals surface area contributed by atoms with E-state index < -0.39 is 170 Å². The molecule has 0 saturated heterocycles. The monoisotopic (exact) mass is 502 g/mol. The van der Waals surface area contributed by atoms with Crippen LogP contribution in [0, 0.1) is 0 Å². The molecule has 0 atom stereocenters. The molecule has 0 spiro atoms. The van der Waals surface area contributed by atoms with Crippen LogP contribution in [-0.2, 0) is 0 Å². The van der Waals surface area contributed by atoms with Gasteiger partial charge in [0, 0.05) is 37.8 Å². The van der Waals surface area contributed by atoms with Crippen molar-refractivity contribution < 1.29 is 34.7 Å². The minimum Gasteiger partial charge on any atom is -0.423 e. The maximum Gasteiger partial charge on any atom is 0.489 e. The van der Waals surface area contributed by atoms with Gasteiger partial charge in [0.2, 0.25) is 0 Å². The van der Waals surface area contributed by atoms with Crippen LogP contribution in [0.2, 0.25) is 0 Å². The highest BCUT2D eigenvalue weighted by atomic mass is 32.1. The van der Waals surface area contributed by atoms with E-state index in [1.807, 2.05) is 0 Å². The summed E-state index contributed by atoms with van der Waals surface area (Å²) >= 11 is 4.18. The van der Waals surface area contributed by atoms with Crippen molar-refractivity contribution in [3.63, 3.8) is 0 Å². The fourth-order valence-corrected chi connectivity index (χ4v) is 4.46. The van der Waals surface area contributed by atoms with Gasteiger partial charge in [0.05, 0.1) is 46.7 Å². The van der Waals surface area contributed by atoms with Crippen LogP contribution in [0.15, 0.2) is 114 Å². The maximum absolute atomic E-state index is 9.91. The summed E-state index contributed by atoms with van der Waals surface area (Å²) in [5.41, 5.74) is -3.92. The van der Waals surface area contributed by atoms with Gasteiger partial charge in [0.25, 0.3) is 0 Å². The van der Waals surface area contributed by atoms with Gasteiger partial charge in [-0.1, -0.05) is 60.4 Å². The van der Waals surface area contributed by atoms with Gasteiger partial charge < -0.3 is 19.2 Å². The number of hydrogen-bond donors (Lipinski definition) is 3. The van der Waals surface area contributed by atoms with E-state index in [2.05, 4.69) is 12.6 Å². The van der Waals surface area contributed by atoms with Gasteiger partial charge in [-0.15, -0.1) is 12.6 Å². The Hall–Kier alpha value is -3.97. The lowest BCUT2D eigenvalue weighted by Gasteiger charge is -2.12. The molecule has 0 bridgehead atoms. The van der Waals surface area contributed by atoms with Crippen molar-refractivity contribution in [3.8, 4) is 11.4 Å². The van der Waals surface area contributed by atoms with Crippen LogP contribution in [0.4, 0.5) is 0 Å². The summed E-state index contributed by atoms with van der Waals surface area (Å²) in [7, 11) is -2.36. The van der Waals surface area contributed by atoms with Crippen LogP contribution in [0.5, 0.6) is 0 Å². The van der Waals surface area contributed by atoms with Crippen molar-refractivity contribution in [2.45, 2.75) is 4.90 Å². The molecular formula is C30H21BN2O2S. The zero-order valence-electron chi connectivity index (χ0n) is 35.8. The molecule has 0 aliphatic rings. The van der Waals surface area contributed by atoms with Gasteiger partial charge in [-0.25, -0.2) is 0 Å². The highest BCUT2D eigenvalue weighted by molar-refractivity contribution is 7.80. The van der Waals surface area contributed by atoms with Gasteiger partial charge in [-0.2, -0.15) is 0 Å². The second-order valence-corrected chi connectivity index (χ2v) is 8.10. The van der Waals surface area contributed by atoms with E-state index in [9.17, 15) is 14.2 Å². The van der Waals surface area contributed by atoms with Crippen molar-refractivity contribution in [2.24, 2.45) is 0 Å². The Morgan fingerprint density at radius 2 is 1.00 bits per heavy atom. The topological polar surface area (TPSA) is 50.3 Å². The molecule has 172 valence electrons. The van der Waals surface area contributed by atoms with Crippen molar-refractivity contribution in [1.82, 2.24) is 9.13 Å². The first-order chi connectivity index (χ1) is 25.1. The Balaban J connectivity index is 1.84. The molecule has 0 amide bonds. The molecule has 2 heterocycles. The molecule has 2 N–H and O–H groups in total. The second-order valence-electron chi connectivity index (χ2n) is 7.65. The van der Waals surface area contributed by atoms with Gasteiger partial charge in [-0.3, -0.25) is 0 Å². The zero-order valence-corrected chi connectivity index (χ0v) is 18.7. The molecule has 2 aromatic heterocycles. The number of hydrogen-bond acceptors (Lipinski definition) is 3. The van der Waals surface area contributed by atoms with Crippen molar-refractivity contribution >= 4 is 68.8 Å². The highest BCUT2D eigenvalue weighted by Crippen LogP contribution is 2.36. The SMILES string of the molecule is [2H]c1c([2H])c(-n2c3c([2H])c([2H])c([2H])c([2H])c3c3c([2H])c(-n4c5c([2H])c([2H])c([2H])c([2H])c5c5c([2H])c([2H])c([2H])c([2H])c54)c([2H])c([2H])c32)c([2H])c(S)c1B(O)O. The quantitative estimate of drug-likeness (QED) is 0.210. The smallest absolute Gasteiger partial charge is 0.423 e. The molecule has 36 heavy (non-hydrogen) atoms. The number of benzene rings is 5. The highest BCUT2D eigenvalue weighted by Gasteiger charge is 2.18. The molecule has 0 radical (unpaired) electrons. The van der Waals surface area contributed by atoms with E-state index in [-0.39, 0.29) is 10.8 Å². The van der Waals surface area contributed by atoms with Gasteiger partial charge >= 0.3 is 7.12 Å². The van der Waals surface area contributed by atoms with Crippen molar-refractivity contribution in [1.29, 1.82) is 0 Å². The standard InChI is InChI=1S/C30H21BN2O2S/c34-31(35)25-15-13-20(18-30(25)36)33-28-12-6-3-9-23(28)24-17-19(14-16-29(24)33)32-26-10-4-1-7-21(26)22-8-2-5-11-27(22)32/h1-18,34-36H/i1D,2D,3D,4D,5D,6D,7D,8D,9D,10D,11D,12D,13D,14D,15D,16D,17D,18D. The Kier molecular flexibility index (Phi) is 2.19. The summed E-state index contributed by atoms with van der Waals surface area (Å²) in [6, 6.07) is -14.2. The van der Waals surface area contributed by atoms with Crippen LogP contribution >= 0.6 is 12.6 Å². The molecule has 5 aromatic carbocycles. The third-order valence-electron chi connectivity index (χ3n) is 5.69. The lowest BCUT2D eigenvalue weighted by Crippen LogP contribution is -2.31. The first-order valence-electron chi connectivity index (χ1n) is 19.4. The summed E-state index contributed by atoms with van der Waals surface area (Å²) in [5.74, 6) is 0. The molecule has 0 aliphatic heterocycles. The number of aromatic nitrogens is 2. The van der Waals surface area contributed by atoms with Crippen LogP contribution < -0.4 is 5.46 Å². The minimum atomic E-state index is -2.36. The van der Waals surface area contributed by atoms with E-state index in [4.69, 9.17) is 20.6 Å². The molecule has 0 saturated carbocycles. The fourth-order valence-electron chi connectivity index (χ4n) is 4.18. The lowest BCUT2D eigenvalue weighted by atomic mass is 9.80. The first-order valence-corrected chi connectivity index (χ1v) is 10.8.